The maximum atomic E-state index is 12.7. The van der Waals surface area contributed by atoms with Crippen molar-refractivity contribution in [2.45, 2.75) is 44.4 Å². The fraction of sp³-hybridized carbons (Fsp3) is 0.318. The van der Waals surface area contributed by atoms with Gasteiger partial charge in [0.2, 0.25) is 5.13 Å². The number of aromatic nitrogens is 2. The van der Waals surface area contributed by atoms with Crippen LogP contribution in [0.15, 0.2) is 47.4 Å². The number of nitrogens with one attached hydrogen (secondary N) is 2. The van der Waals surface area contributed by atoms with Crippen molar-refractivity contribution in [2.24, 2.45) is 0 Å². The zero-order chi connectivity index (χ0) is 23.5. The first-order chi connectivity index (χ1) is 15.0. The van der Waals surface area contributed by atoms with E-state index >= 15 is 0 Å². The third-order valence-corrected chi connectivity index (χ3v) is 7.65. The number of hydrogen-bond donors (Lipinski definition) is 2. The number of anilines is 1. The Bertz CT molecular complexity index is 1220. The van der Waals surface area contributed by atoms with Gasteiger partial charge < -0.3 is 5.32 Å². The van der Waals surface area contributed by atoms with Gasteiger partial charge in [-0.1, -0.05) is 61.9 Å². The molecule has 0 aliphatic heterocycles. The van der Waals surface area contributed by atoms with Crippen molar-refractivity contribution < 1.29 is 13.2 Å². The van der Waals surface area contributed by atoms with E-state index in [1.54, 1.807) is 30.3 Å². The quantitative estimate of drug-likeness (QED) is 0.503. The fourth-order valence-corrected chi connectivity index (χ4v) is 5.03. The third kappa shape index (κ3) is 6.05. The molecule has 2 N–H and O–H groups in total. The van der Waals surface area contributed by atoms with E-state index in [2.05, 4.69) is 20.2 Å². The molecule has 3 aromatic rings. The molecule has 0 bridgehead atoms. The van der Waals surface area contributed by atoms with E-state index in [1.807, 2.05) is 27.7 Å². The normalized spacial score (nSPS) is 11.9. The third-order valence-electron chi connectivity index (χ3n) is 4.67. The average molecular weight is 493 g/mol. The number of benzene rings is 2. The van der Waals surface area contributed by atoms with Gasteiger partial charge in [0, 0.05) is 22.5 Å². The first kappa shape index (κ1) is 24.2. The zero-order valence-electron chi connectivity index (χ0n) is 18.3. The maximum absolute atomic E-state index is 12.7. The molecule has 0 saturated heterocycles. The largest absolute Gasteiger partial charge is 0.352 e. The molecule has 170 valence electrons. The maximum Gasteiger partial charge on any atom is 0.263 e. The molecular formula is C22H25ClN4O3S2. The number of carbonyl (C=O) groups excluding carboxylic acids is 1. The Morgan fingerprint density at radius 2 is 1.78 bits per heavy atom. The highest BCUT2D eigenvalue weighted by Crippen LogP contribution is 2.29. The fourth-order valence-electron chi connectivity index (χ4n) is 2.83. The van der Waals surface area contributed by atoms with E-state index in [0.717, 1.165) is 16.1 Å². The SMILES string of the molecule is Cc1ccc(Cl)cc1C(=O)NCCc1ccc(S(=O)(=O)Nc2nnc(C(C)(C)C)s2)cc1. The van der Waals surface area contributed by atoms with Crippen LogP contribution in [-0.2, 0) is 21.9 Å². The van der Waals surface area contributed by atoms with Crippen molar-refractivity contribution in [1.29, 1.82) is 0 Å². The number of rotatable bonds is 7. The van der Waals surface area contributed by atoms with Crippen molar-refractivity contribution in [1.82, 2.24) is 15.5 Å². The van der Waals surface area contributed by atoms with E-state index < -0.39 is 10.0 Å². The van der Waals surface area contributed by atoms with Crippen LogP contribution in [0.1, 0.15) is 47.3 Å². The summed E-state index contributed by atoms with van der Waals surface area (Å²) in [6, 6.07) is 11.7. The lowest BCUT2D eigenvalue weighted by atomic mass is 9.98. The van der Waals surface area contributed by atoms with Crippen molar-refractivity contribution in [3.05, 3.63) is 69.2 Å². The first-order valence-corrected chi connectivity index (χ1v) is 12.6. The van der Waals surface area contributed by atoms with Crippen LogP contribution in [0.3, 0.4) is 0 Å². The molecule has 1 aromatic heterocycles. The molecule has 1 amide bonds. The highest BCUT2D eigenvalue weighted by molar-refractivity contribution is 7.93. The molecule has 7 nitrogen and oxygen atoms in total. The Kier molecular flexibility index (Phi) is 7.22. The van der Waals surface area contributed by atoms with Crippen LogP contribution < -0.4 is 10.0 Å². The van der Waals surface area contributed by atoms with E-state index in [0.29, 0.717) is 23.6 Å². The summed E-state index contributed by atoms with van der Waals surface area (Å²) in [5, 5.41) is 12.4. The molecule has 0 aliphatic rings. The summed E-state index contributed by atoms with van der Waals surface area (Å²) in [5.41, 5.74) is 2.08. The number of sulfonamides is 1. The van der Waals surface area contributed by atoms with Crippen LogP contribution in [0, 0.1) is 6.92 Å². The van der Waals surface area contributed by atoms with E-state index in [1.165, 1.54) is 23.5 Å². The molecule has 0 aliphatic carbocycles. The minimum Gasteiger partial charge on any atom is -0.352 e. The van der Waals surface area contributed by atoms with Crippen molar-refractivity contribution >= 4 is 44.0 Å². The second kappa shape index (κ2) is 9.56. The van der Waals surface area contributed by atoms with Crippen molar-refractivity contribution in [3.63, 3.8) is 0 Å². The number of amides is 1. The molecule has 1 heterocycles. The van der Waals surface area contributed by atoms with Gasteiger partial charge in [0.15, 0.2) is 0 Å². The number of carbonyl (C=O) groups is 1. The summed E-state index contributed by atoms with van der Waals surface area (Å²) in [4.78, 5) is 12.5. The lowest BCUT2D eigenvalue weighted by Gasteiger charge is -2.12. The van der Waals surface area contributed by atoms with Gasteiger partial charge in [-0.25, -0.2) is 8.42 Å². The molecule has 0 saturated carbocycles. The van der Waals surface area contributed by atoms with E-state index in [-0.39, 0.29) is 21.3 Å². The number of halogens is 1. The van der Waals surface area contributed by atoms with Gasteiger partial charge in [-0.3, -0.25) is 9.52 Å². The van der Waals surface area contributed by atoms with Gasteiger partial charge in [0.05, 0.1) is 4.90 Å². The van der Waals surface area contributed by atoms with Crippen LogP contribution in [0.25, 0.3) is 0 Å². The molecule has 0 atom stereocenters. The molecule has 0 spiro atoms. The molecule has 32 heavy (non-hydrogen) atoms. The second-order valence-corrected chi connectivity index (χ2v) is 11.5. The lowest BCUT2D eigenvalue weighted by molar-refractivity contribution is 0.0953. The van der Waals surface area contributed by atoms with E-state index in [4.69, 9.17) is 11.6 Å². The molecule has 2 aromatic carbocycles. The van der Waals surface area contributed by atoms with Crippen molar-refractivity contribution in [2.75, 3.05) is 11.3 Å². The Balaban J connectivity index is 1.59. The topological polar surface area (TPSA) is 101 Å². The van der Waals surface area contributed by atoms with Crippen LogP contribution in [0.4, 0.5) is 5.13 Å². The van der Waals surface area contributed by atoms with Gasteiger partial charge in [-0.15, -0.1) is 10.2 Å². The zero-order valence-corrected chi connectivity index (χ0v) is 20.7. The monoisotopic (exact) mass is 492 g/mol. The first-order valence-electron chi connectivity index (χ1n) is 9.96. The molecule has 10 heteroatoms. The van der Waals surface area contributed by atoms with Gasteiger partial charge >= 0.3 is 0 Å². The second-order valence-electron chi connectivity index (χ2n) is 8.38. The summed E-state index contributed by atoms with van der Waals surface area (Å²) >= 11 is 7.19. The summed E-state index contributed by atoms with van der Waals surface area (Å²) in [5.74, 6) is -0.194. The Labute approximate surface area is 197 Å². The molecule has 3 rings (SSSR count). The number of nitrogens with zero attached hydrogens (tertiary/aromatic N) is 2. The Hall–Kier alpha value is -2.49. The minimum atomic E-state index is -3.77. The number of aryl methyl sites for hydroxylation is 1. The minimum absolute atomic E-state index is 0.132. The van der Waals surface area contributed by atoms with Gasteiger partial charge in [-0.2, -0.15) is 0 Å². The average Bonchev–Trinajstić information content (AvgIpc) is 3.18. The van der Waals surface area contributed by atoms with Gasteiger partial charge in [-0.05, 0) is 48.7 Å². The predicted octanol–water partition coefficient (Wildman–Crippen LogP) is 4.57. The standard InChI is InChI=1S/C22H25ClN4O3S2/c1-14-5-8-16(23)13-18(14)19(28)24-12-11-15-6-9-17(10-7-15)32(29,30)27-21-26-25-20(31-21)22(2,3)4/h5-10,13H,11-12H2,1-4H3,(H,24,28)(H,26,27). The van der Waals surface area contributed by atoms with Gasteiger partial charge in [0.1, 0.15) is 5.01 Å². The van der Waals surface area contributed by atoms with E-state index in [9.17, 15) is 13.2 Å². The van der Waals surface area contributed by atoms with Crippen LogP contribution in [0.5, 0.6) is 0 Å². The molecular weight excluding hydrogens is 468 g/mol. The van der Waals surface area contributed by atoms with Crippen molar-refractivity contribution in [3.8, 4) is 0 Å². The summed E-state index contributed by atoms with van der Waals surface area (Å²) in [6.07, 6.45) is 0.560. The van der Waals surface area contributed by atoms with Crippen LogP contribution >= 0.6 is 22.9 Å². The summed E-state index contributed by atoms with van der Waals surface area (Å²) < 4.78 is 27.8. The molecule has 0 radical (unpaired) electrons. The Morgan fingerprint density at radius 1 is 1.09 bits per heavy atom. The number of hydrogen-bond acceptors (Lipinski definition) is 6. The summed E-state index contributed by atoms with van der Waals surface area (Å²) in [7, 11) is -3.77. The smallest absolute Gasteiger partial charge is 0.263 e. The Morgan fingerprint density at radius 3 is 2.41 bits per heavy atom. The molecule has 0 unspecified atom stereocenters. The summed E-state index contributed by atoms with van der Waals surface area (Å²) in [6.45, 7) is 8.23. The van der Waals surface area contributed by atoms with Crippen LogP contribution in [-0.4, -0.2) is 31.1 Å². The van der Waals surface area contributed by atoms with Crippen LogP contribution in [0.2, 0.25) is 5.02 Å². The predicted molar refractivity (Wildman–Crippen MR) is 128 cm³/mol. The molecule has 0 fully saturated rings. The lowest BCUT2D eigenvalue weighted by Crippen LogP contribution is -2.26. The highest BCUT2D eigenvalue weighted by atomic mass is 35.5. The highest BCUT2D eigenvalue weighted by Gasteiger charge is 2.22. The van der Waals surface area contributed by atoms with Gasteiger partial charge in [0.25, 0.3) is 15.9 Å².